The summed E-state index contributed by atoms with van der Waals surface area (Å²) in [5.41, 5.74) is 4.64. The number of rotatable bonds is 2. The fourth-order valence-corrected chi connectivity index (χ4v) is 6.13. The van der Waals surface area contributed by atoms with Crippen LogP contribution in [0.3, 0.4) is 0 Å². The average Bonchev–Trinajstić information content (AvgIpc) is 2.96. The van der Waals surface area contributed by atoms with Gasteiger partial charge in [-0.2, -0.15) is 0 Å². The van der Waals surface area contributed by atoms with Crippen molar-refractivity contribution in [1.29, 1.82) is 0 Å². The summed E-state index contributed by atoms with van der Waals surface area (Å²) in [6, 6.07) is 12.7. The zero-order chi connectivity index (χ0) is 18.6. The van der Waals surface area contributed by atoms with Crippen LogP contribution in [0.5, 0.6) is 0 Å². The summed E-state index contributed by atoms with van der Waals surface area (Å²) in [7, 11) is -3.18. The van der Waals surface area contributed by atoms with Gasteiger partial charge in [0.2, 0.25) is 0 Å². The Morgan fingerprint density at radius 3 is 2.08 bits per heavy atom. The molecule has 2 amide bonds. The Morgan fingerprint density at radius 2 is 1.46 bits per heavy atom. The number of urea groups is 1. The molecule has 0 aliphatic carbocycles. The number of nitrogens with zero attached hydrogens (tertiary/aromatic N) is 2. The number of carbonyl (C=O) groups excluding carboxylic acids is 1. The van der Waals surface area contributed by atoms with E-state index in [0.717, 1.165) is 28.1 Å². The van der Waals surface area contributed by atoms with Crippen molar-refractivity contribution in [2.45, 2.75) is 32.9 Å². The highest BCUT2D eigenvalue weighted by Gasteiger charge is 2.54. The first-order valence-electron chi connectivity index (χ1n) is 8.73. The number of fused-ring (bicyclic) bond motifs is 1. The number of amides is 2. The van der Waals surface area contributed by atoms with Gasteiger partial charge >= 0.3 is 6.03 Å². The quantitative estimate of drug-likeness (QED) is 0.763. The van der Waals surface area contributed by atoms with Gasteiger partial charge in [-0.1, -0.05) is 24.3 Å². The Hall–Kier alpha value is -2.34. The second-order valence-electron chi connectivity index (χ2n) is 7.37. The lowest BCUT2D eigenvalue weighted by Crippen LogP contribution is -2.38. The molecule has 2 aliphatic rings. The molecule has 5 nitrogen and oxygen atoms in total. The maximum Gasteiger partial charge on any atom is 0.329 e. The van der Waals surface area contributed by atoms with E-state index in [-0.39, 0.29) is 29.6 Å². The van der Waals surface area contributed by atoms with Crippen LogP contribution < -0.4 is 9.80 Å². The fourth-order valence-electron chi connectivity index (χ4n) is 4.21. The first-order valence-corrected chi connectivity index (χ1v) is 10.6. The largest absolute Gasteiger partial charge is 0.329 e. The summed E-state index contributed by atoms with van der Waals surface area (Å²) in [6.45, 7) is 5.92. The number of anilines is 2. The highest BCUT2D eigenvalue weighted by atomic mass is 32.2. The molecular weight excluding hydrogens is 348 g/mol. The predicted octanol–water partition coefficient (Wildman–Crippen LogP) is 3.22. The van der Waals surface area contributed by atoms with E-state index in [0.29, 0.717) is 0 Å². The minimum Gasteiger partial charge on any atom is -0.288 e. The van der Waals surface area contributed by atoms with Crippen molar-refractivity contribution in [3.05, 3.63) is 59.2 Å². The van der Waals surface area contributed by atoms with Crippen LogP contribution in [-0.2, 0) is 9.84 Å². The average molecular weight is 370 g/mol. The van der Waals surface area contributed by atoms with Crippen molar-refractivity contribution in [2.75, 3.05) is 21.3 Å². The molecule has 4 rings (SSSR count). The summed E-state index contributed by atoms with van der Waals surface area (Å²) >= 11 is 0. The Morgan fingerprint density at radius 1 is 0.885 bits per heavy atom. The maximum atomic E-state index is 13.4. The van der Waals surface area contributed by atoms with Gasteiger partial charge in [-0.25, -0.2) is 13.2 Å². The third kappa shape index (κ3) is 2.69. The molecule has 2 aromatic carbocycles. The molecule has 0 saturated carbocycles. The molecule has 2 atom stereocenters. The molecule has 2 heterocycles. The third-order valence-electron chi connectivity index (χ3n) is 5.23. The van der Waals surface area contributed by atoms with Crippen molar-refractivity contribution < 1.29 is 13.2 Å². The van der Waals surface area contributed by atoms with E-state index in [2.05, 4.69) is 0 Å². The minimum atomic E-state index is -3.18. The molecule has 26 heavy (non-hydrogen) atoms. The van der Waals surface area contributed by atoms with Gasteiger partial charge < -0.3 is 0 Å². The zero-order valence-electron chi connectivity index (χ0n) is 15.1. The van der Waals surface area contributed by atoms with Crippen LogP contribution in [0, 0.1) is 20.8 Å². The molecule has 2 fully saturated rings. The van der Waals surface area contributed by atoms with Crippen molar-refractivity contribution in [3.8, 4) is 0 Å². The molecule has 0 N–H and O–H groups in total. The van der Waals surface area contributed by atoms with Gasteiger partial charge in [-0.05, 0) is 55.7 Å². The summed E-state index contributed by atoms with van der Waals surface area (Å²) in [5, 5.41) is 0. The van der Waals surface area contributed by atoms with Crippen LogP contribution >= 0.6 is 0 Å². The van der Waals surface area contributed by atoms with E-state index in [1.165, 1.54) is 0 Å². The van der Waals surface area contributed by atoms with E-state index < -0.39 is 9.84 Å². The molecule has 0 spiro atoms. The van der Waals surface area contributed by atoms with Gasteiger partial charge in [-0.15, -0.1) is 0 Å². The Balaban J connectivity index is 1.86. The second kappa shape index (κ2) is 5.84. The van der Waals surface area contributed by atoms with E-state index in [1.807, 2.05) is 63.2 Å². The lowest BCUT2D eigenvalue weighted by molar-refractivity contribution is 0.255. The number of sulfone groups is 1. The summed E-state index contributed by atoms with van der Waals surface area (Å²) in [6.07, 6.45) is 0. The Kier molecular flexibility index (Phi) is 3.84. The first-order chi connectivity index (χ1) is 12.3. The van der Waals surface area contributed by atoms with Crippen molar-refractivity contribution in [3.63, 3.8) is 0 Å². The monoisotopic (exact) mass is 370 g/mol. The highest BCUT2D eigenvalue weighted by Crippen LogP contribution is 2.39. The standard InChI is InChI=1S/C20H22N2O3S/c1-13-8-14(2)10-16(9-13)21-18-11-26(24,25)12-19(18)22(20(21)23)17-7-5-4-6-15(17)3/h4-10,18-19H,11-12H2,1-3H3/t18-,19-/m0/s1. The molecule has 2 aliphatic heterocycles. The number of benzene rings is 2. The number of aryl methyl sites for hydroxylation is 3. The lowest BCUT2D eigenvalue weighted by atomic mass is 10.1. The second-order valence-corrected chi connectivity index (χ2v) is 9.52. The normalized spacial score (nSPS) is 24.2. The SMILES string of the molecule is Cc1cc(C)cc(N2C(=O)N(c3ccccc3C)[C@H]3CS(=O)(=O)C[C@@H]32)c1. The predicted molar refractivity (Wildman–Crippen MR) is 104 cm³/mol. The van der Waals surface area contributed by atoms with Gasteiger partial charge in [0.25, 0.3) is 0 Å². The van der Waals surface area contributed by atoms with Gasteiger partial charge in [0, 0.05) is 11.4 Å². The van der Waals surface area contributed by atoms with Crippen LogP contribution in [0.4, 0.5) is 16.2 Å². The first kappa shape index (κ1) is 17.1. The summed E-state index contributed by atoms with van der Waals surface area (Å²) in [4.78, 5) is 16.7. The maximum absolute atomic E-state index is 13.4. The molecular formula is C20H22N2O3S. The van der Waals surface area contributed by atoms with Crippen LogP contribution in [-0.4, -0.2) is 38.0 Å². The Labute approximate surface area is 154 Å². The third-order valence-corrected chi connectivity index (χ3v) is 6.93. The molecule has 136 valence electrons. The van der Waals surface area contributed by atoms with Gasteiger partial charge in [0.1, 0.15) is 0 Å². The number of hydrogen-bond acceptors (Lipinski definition) is 3. The Bertz CT molecular complexity index is 980. The van der Waals surface area contributed by atoms with E-state index in [9.17, 15) is 13.2 Å². The van der Waals surface area contributed by atoms with Gasteiger partial charge in [-0.3, -0.25) is 9.80 Å². The number of para-hydroxylation sites is 1. The van der Waals surface area contributed by atoms with Crippen molar-refractivity contribution in [2.24, 2.45) is 0 Å². The smallest absolute Gasteiger partial charge is 0.288 e. The van der Waals surface area contributed by atoms with Gasteiger partial charge in [0.15, 0.2) is 9.84 Å². The molecule has 2 saturated heterocycles. The van der Waals surface area contributed by atoms with Crippen LogP contribution in [0.15, 0.2) is 42.5 Å². The van der Waals surface area contributed by atoms with Crippen molar-refractivity contribution in [1.82, 2.24) is 0 Å². The van der Waals surface area contributed by atoms with Crippen LogP contribution in [0.1, 0.15) is 16.7 Å². The molecule has 2 aromatic rings. The molecule has 0 aromatic heterocycles. The highest BCUT2D eigenvalue weighted by molar-refractivity contribution is 7.91. The van der Waals surface area contributed by atoms with Crippen molar-refractivity contribution >= 4 is 27.2 Å². The minimum absolute atomic E-state index is 0.0127. The zero-order valence-corrected chi connectivity index (χ0v) is 16.0. The van der Waals surface area contributed by atoms with E-state index in [4.69, 9.17) is 0 Å². The summed E-state index contributed by atoms with van der Waals surface area (Å²) < 4.78 is 24.7. The van der Waals surface area contributed by atoms with E-state index in [1.54, 1.807) is 9.80 Å². The van der Waals surface area contributed by atoms with Gasteiger partial charge in [0.05, 0.1) is 23.6 Å². The molecule has 0 unspecified atom stereocenters. The number of carbonyl (C=O) groups is 1. The molecule has 0 radical (unpaired) electrons. The molecule has 6 heteroatoms. The van der Waals surface area contributed by atoms with Crippen LogP contribution in [0.2, 0.25) is 0 Å². The molecule has 0 bridgehead atoms. The van der Waals surface area contributed by atoms with Crippen LogP contribution in [0.25, 0.3) is 0 Å². The topological polar surface area (TPSA) is 57.7 Å². The number of hydrogen-bond donors (Lipinski definition) is 0. The fraction of sp³-hybridized carbons (Fsp3) is 0.350. The summed E-state index contributed by atoms with van der Waals surface area (Å²) in [5.74, 6) is 0.0256. The van der Waals surface area contributed by atoms with E-state index >= 15 is 0 Å². The lowest BCUT2D eigenvalue weighted by Gasteiger charge is -2.24.